The lowest BCUT2D eigenvalue weighted by Gasteiger charge is -2.20. The molecule has 2 aromatic carbocycles. The predicted octanol–water partition coefficient (Wildman–Crippen LogP) is 9.10. The third kappa shape index (κ3) is 23.1. The van der Waals surface area contributed by atoms with Crippen LogP contribution in [0.5, 0.6) is 0 Å². The number of carbonyl (C=O) groups is 6. The molecule has 0 spiro atoms. The number of hydrogen-bond acceptors (Lipinski definition) is 18. The molecule has 0 aliphatic heterocycles. The van der Waals surface area contributed by atoms with Crippen molar-refractivity contribution >= 4 is 106 Å². The van der Waals surface area contributed by atoms with Gasteiger partial charge in [-0.25, -0.2) is 17.6 Å². The van der Waals surface area contributed by atoms with Crippen LogP contribution in [0.25, 0.3) is 9.81 Å². The van der Waals surface area contributed by atoms with Crippen molar-refractivity contribution in [1.29, 1.82) is 0 Å². The summed E-state index contributed by atoms with van der Waals surface area (Å²) in [6, 6.07) is 15.0. The van der Waals surface area contributed by atoms with E-state index >= 15 is 0 Å². The number of anilines is 2. The van der Waals surface area contributed by atoms with Crippen molar-refractivity contribution in [3.8, 4) is 0 Å². The van der Waals surface area contributed by atoms with Gasteiger partial charge in [0.2, 0.25) is 0 Å². The van der Waals surface area contributed by atoms with Crippen LogP contribution in [0, 0.1) is 23.7 Å². The number of likely N-dealkylation sites (N-methyl/N-ethyl adjacent to an activating group) is 2. The zero-order valence-corrected chi connectivity index (χ0v) is 44.9. The molecule has 0 saturated carbocycles. The van der Waals surface area contributed by atoms with Crippen LogP contribution in [0.2, 0.25) is 0 Å². The molecular weight excluding hydrogens is 1080 g/mol. The molecule has 4 unspecified atom stereocenters. The van der Waals surface area contributed by atoms with Gasteiger partial charge >= 0.3 is 60.5 Å². The lowest BCUT2D eigenvalue weighted by molar-refractivity contribution is -0.183. The number of rotatable bonds is 34. The highest BCUT2D eigenvalue weighted by atomic mass is 32.2. The number of hydrogen-bond donors (Lipinski definition) is 2. The van der Waals surface area contributed by atoms with Crippen molar-refractivity contribution in [3.05, 3.63) is 59.7 Å². The highest BCUT2D eigenvalue weighted by Gasteiger charge is 2.44. The molecule has 0 bridgehead atoms. The third-order valence-corrected chi connectivity index (χ3v) is 14.3. The molecule has 0 heterocycles. The molecule has 2 aromatic rings. The Morgan fingerprint density at radius 2 is 0.878 bits per heavy atom. The van der Waals surface area contributed by atoms with E-state index in [1.807, 2.05) is 72.4 Å². The molecule has 4 atom stereocenters. The van der Waals surface area contributed by atoms with E-state index in [9.17, 15) is 63.9 Å². The molecular formula is C48H62F8N2O12S4. The maximum Gasteiger partial charge on any atom is 0.340 e. The van der Waals surface area contributed by atoms with Crippen LogP contribution < -0.4 is 9.80 Å². The molecule has 0 saturated heterocycles. The minimum Gasteiger partial charge on any atom is -0.469 e. The standard InChI is InChI=1S/C48H62F8N2O12S4/c1-29(41(61)69-27-47(53,54)45(49)50)23-33(43(63)65-5)25-73-21-15-37(59)67-19-17-57(3)35-11-7-31(8-12-35)39(71)40(72)32-9-13-36(14-10-32)58(4)18-20-68-38(60)16-22-74-26-34(44(64)66-6)24-30(2)42(62)70-28-48(55,56)46(51)52/h7-14,29-30,33-34,45-46,71-72H,15-28H2,1-6H3/b40-39-. The van der Waals surface area contributed by atoms with Gasteiger partial charge in [-0.3, -0.25) is 28.8 Å². The maximum atomic E-state index is 13.1. The van der Waals surface area contributed by atoms with Gasteiger partial charge in [0.05, 0.1) is 63.8 Å². The Morgan fingerprint density at radius 1 is 0.554 bits per heavy atom. The summed E-state index contributed by atoms with van der Waals surface area (Å²) in [6.45, 7) is -0.0623. The van der Waals surface area contributed by atoms with E-state index < -0.39 is 97.4 Å². The van der Waals surface area contributed by atoms with Crippen LogP contribution in [-0.4, -0.2) is 151 Å². The Labute approximate surface area is 444 Å². The van der Waals surface area contributed by atoms with Crippen molar-refractivity contribution in [2.45, 2.75) is 64.2 Å². The van der Waals surface area contributed by atoms with Crippen molar-refractivity contribution in [2.24, 2.45) is 23.7 Å². The normalized spacial score (nSPS) is 13.8. The quantitative estimate of drug-likeness (QED) is 0.0170. The van der Waals surface area contributed by atoms with Crippen LogP contribution in [-0.2, 0) is 57.2 Å². The second-order valence-electron chi connectivity index (χ2n) is 16.8. The summed E-state index contributed by atoms with van der Waals surface area (Å²) in [4.78, 5) is 78.6. The summed E-state index contributed by atoms with van der Waals surface area (Å²) in [6.07, 6.45) is -8.29. The highest BCUT2D eigenvalue weighted by molar-refractivity contribution is 7.99. The first-order valence-corrected chi connectivity index (χ1v) is 26.0. The van der Waals surface area contributed by atoms with Crippen molar-refractivity contribution in [2.75, 3.05) is 101 Å². The van der Waals surface area contributed by atoms with Crippen molar-refractivity contribution in [3.63, 3.8) is 0 Å². The molecule has 0 aromatic heterocycles. The van der Waals surface area contributed by atoms with Gasteiger partial charge in [-0.15, -0.1) is 25.3 Å². The number of thiol groups is 2. The van der Waals surface area contributed by atoms with Crippen LogP contribution in [0.15, 0.2) is 48.5 Å². The Bertz CT molecular complexity index is 2000. The highest BCUT2D eigenvalue weighted by Crippen LogP contribution is 2.34. The van der Waals surface area contributed by atoms with Crippen molar-refractivity contribution < 1.29 is 92.3 Å². The summed E-state index contributed by atoms with van der Waals surface area (Å²) in [7, 11) is 5.92. The van der Waals surface area contributed by atoms with E-state index in [0.717, 1.165) is 36.7 Å². The lowest BCUT2D eigenvalue weighted by Crippen LogP contribution is -2.35. The smallest absolute Gasteiger partial charge is 0.340 e. The van der Waals surface area contributed by atoms with Crippen LogP contribution in [0.3, 0.4) is 0 Å². The number of ether oxygens (including phenoxy) is 6. The van der Waals surface area contributed by atoms with E-state index in [-0.39, 0.29) is 61.9 Å². The first-order valence-electron chi connectivity index (χ1n) is 22.8. The minimum atomic E-state index is -4.50. The number of benzene rings is 2. The van der Waals surface area contributed by atoms with Crippen LogP contribution >= 0.6 is 48.8 Å². The monoisotopic (exact) mass is 1140 g/mol. The first-order chi connectivity index (χ1) is 34.7. The zero-order valence-electron chi connectivity index (χ0n) is 41.5. The Hall–Kier alpha value is -4.56. The van der Waals surface area contributed by atoms with Crippen LogP contribution in [0.4, 0.5) is 46.5 Å². The van der Waals surface area contributed by atoms with E-state index in [1.165, 1.54) is 37.4 Å². The molecule has 2 rings (SSSR count). The van der Waals surface area contributed by atoms with E-state index in [4.69, 9.17) is 44.2 Å². The van der Waals surface area contributed by atoms with Crippen LogP contribution in [0.1, 0.15) is 50.7 Å². The third-order valence-electron chi connectivity index (χ3n) is 10.9. The maximum absolute atomic E-state index is 13.1. The average molecular weight is 1140 g/mol. The minimum absolute atomic E-state index is 0.0101. The summed E-state index contributed by atoms with van der Waals surface area (Å²) in [5.41, 5.74) is 3.24. The molecule has 416 valence electrons. The Kier molecular flexibility index (Phi) is 29.0. The summed E-state index contributed by atoms with van der Waals surface area (Å²) in [5.74, 6) is -16.7. The number of halogens is 8. The predicted molar refractivity (Wildman–Crippen MR) is 272 cm³/mol. The zero-order chi connectivity index (χ0) is 55.8. The molecule has 0 aliphatic rings. The lowest BCUT2D eigenvalue weighted by atomic mass is 9.97. The molecule has 0 amide bonds. The Morgan fingerprint density at radius 3 is 1.18 bits per heavy atom. The fourth-order valence-corrected chi connectivity index (χ4v) is 8.99. The number of esters is 6. The number of carbonyl (C=O) groups excluding carboxylic acids is 6. The molecule has 74 heavy (non-hydrogen) atoms. The van der Waals surface area contributed by atoms with Gasteiger partial charge in [0.1, 0.15) is 13.2 Å². The average Bonchev–Trinajstić information content (AvgIpc) is 3.37. The Balaban J connectivity index is 1.77. The summed E-state index contributed by atoms with van der Waals surface area (Å²) >= 11 is 11.9. The second kappa shape index (κ2) is 32.8. The van der Waals surface area contributed by atoms with E-state index in [2.05, 4.69) is 9.47 Å². The molecule has 26 heteroatoms. The van der Waals surface area contributed by atoms with Gasteiger partial charge in [0.25, 0.3) is 0 Å². The number of methoxy groups -OCH3 is 2. The van der Waals surface area contributed by atoms with Gasteiger partial charge in [0.15, 0.2) is 13.2 Å². The fourth-order valence-electron chi connectivity index (χ4n) is 6.37. The van der Waals surface area contributed by atoms with Gasteiger partial charge < -0.3 is 38.2 Å². The first kappa shape index (κ1) is 65.6. The van der Waals surface area contributed by atoms with Crippen molar-refractivity contribution in [1.82, 2.24) is 0 Å². The molecule has 0 radical (unpaired) electrons. The molecule has 0 aliphatic carbocycles. The SMILES string of the molecule is COC(=O)C(CSCCC(=O)OCCN(C)c1ccc(/C(S)=C(/S)c2ccc(N(C)CCOC(=O)CCSCC(CC(C)C(=O)OCC(F)(F)C(F)F)C(=O)OC)cc2)cc1)CC(C)C(=O)OCC(F)(F)C(F)F. The number of alkyl halides is 8. The molecule has 0 N–H and O–H groups in total. The molecule has 0 fully saturated rings. The number of nitrogens with zero attached hydrogens (tertiary/aromatic N) is 2. The number of thioether (sulfide) groups is 2. The van der Waals surface area contributed by atoms with Gasteiger partial charge in [0, 0.05) is 58.3 Å². The molecule has 14 nitrogen and oxygen atoms in total. The van der Waals surface area contributed by atoms with Gasteiger partial charge in [-0.05, 0) is 48.2 Å². The van der Waals surface area contributed by atoms with E-state index in [0.29, 0.717) is 22.9 Å². The summed E-state index contributed by atoms with van der Waals surface area (Å²) < 4.78 is 131. The fraction of sp³-hybridized carbons (Fsp3) is 0.583. The van der Waals surface area contributed by atoms with E-state index in [1.54, 1.807) is 0 Å². The largest absolute Gasteiger partial charge is 0.469 e. The van der Waals surface area contributed by atoms with Gasteiger partial charge in [-0.1, -0.05) is 38.1 Å². The summed E-state index contributed by atoms with van der Waals surface area (Å²) in [5, 5.41) is 0. The van der Waals surface area contributed by atoms with Gasteiger partial charge in [-0.2, -0.15) is 41.1 Å². The second-order valence-corrected chi connectivity index (χ2v) is 20.0. The topological polar surface area (TPSA) is 164 Å².